The number of fused-ring (bicyclic) bond motifs is 1. The molecule has 136 valence electrons. The number of anilines is 1. The monoisotopic (exact) mass is 347 g/mol. The van der Waals surface area contributed by atoms with Gasteiger partial charge in [-0.05, 0) is 31.9 Å². The Bertz CT molecular complexity index is 709. The summed E-state index contributed by atoms with van der Waals surface area (Å²) in [5.74, 6) is 0.0419. The molecule has 1 saturated heterocycles. The number of hydrogen-bond donors (Lipinski definition) is 2. The van der Waals surface area contributed by atoms with Gasteiger partial charge in [-0.15, -0.1) is 0 Å². The Labute approximate surface area is 146 Å². The maximum Gasteiger partial charge on any atom is 0.317 e. The van der Waals surface area contributed by atoms with Crippen LogP contribution < -0.4 is 5.32 Å². The van der Waals surface area contributed by atoms with Gasteiger partial charge < -0.3 is 15.2 Å². The van der Waals surface area contributed by atoms with Crippen molar-refractivity contribution in [1.82, 2.24) is 19.4 Å². The third-order valence-corrected chi connectivity index (χ3v) is 4.45. The van der Waals surface area contributed by atoms with E-state index in [0.717, 1.165) is 43.0 Å². The van der Waals surface area contributed by atoms with Crippen molar-refractivity contribution in [2.75, 3.05) is 38.2 Å². The molecule has 0 aliphatic carbocycles. The molecular weight excluding hydrogens is 322 g/mol. The topological polar surface area (TPSA) is 92.5 Å². The van der Waals surface area contributed by atoms with Crippen LogP contribution in [0.4, 0.5) is 5.95 Å². The van der Waals surface area contributed by atoms with Crippen LogP contribution in [-0.4, -0.2) is 69.4 Å². The highest BCUT2D eigenvalue weighted by Gasteiger charge is 2.22. The molecule has 2 aromatic heterocycles. The van der Waals surface area contributed by atoms with E-state index >= 15 is 0 Å². The number of aromatic nitrogens is 3. The summed E-state index contributed by atoms with van der Waals surface area (Å²) >= 11 is 0. The highest BCUT2D eigenvalue weighted by molar-refractivity contribution is 5.74. The van der Waals surface area contributed by atoms with Crippen LogP contribution in [0.15, 0.2) is 18.3 Å². The SMILES string of the molecule is CCOCCn1c(NC2CCN(CC(=O)O)CC2)nc2cccnc21. The van der Waals surface area contributed by atoms with Gasteiger partial charge in [-0.3, -0.25) is 14.3 Å². The molecule has 0 unspecified atom stereocenters. The Morgan fingerprint density at radius 2 is 2.24 bits per heavy atom. The number of carboxylic acids is 1. The minimum Gasteiger partial charge on any atom is -0.480 e. The third kappa shape index (κ3) is 4.46. The molecular formula is C17H25N5O3. The van der Waals surface area contributed by atoms with Crippen molar-refractivity contribution in [3.8, 4) is 0 Å². The molecule has 0 bridgehead atoms. The molecule has 3 rings (SSSR count). The number of likely N-dealkylation sites (tertiary alicyclic amines) is 1. The molecule has 1 fully saturated rings. The molecule has 2 aromatic rings. The van der Waals surface area contributed by atoms with Gasteiger partial charge in [0.05, 0.1) is 19.7 Å². The number of nitrogens with one attached hydrogen (secondary N) is 1. The molecule has 0 spiro atoms. The lowest BCUT2D eigenvalue weighted by molar-refractivity contribution is -0.138. The first-order valence-electron chi connectivity index (χ1n) is 8.77. The summed E-state index contributed by atoms with van der Waals surface area (Å²) in [6.07, 6.45) is 3.57. The average Bonchev–Trinajstić information content (AvgIpc) is 2.94. The van der Waals surface area contributed by atoms with Gasteiger partial charge in [0.1, 0.15) is 5.52 Å². The van der Waals surface area contributed by atoms with E-state index in [4.69, 9.17) is 9.84 Å². The highest BCUT2D eigenvalue weighted by atomic mass is 16.5. The number of imidazole rings is 1. The van der Waals surface area contributed by atoms with Crippen LogP contribution in [0.1, 0.15) is 19.8 Å². The van der Waals surface area contributed by atoms with E-state index in [-0.39, 0.29) is 12.6 Å². The molecule has 0 amide bonds. The lowest BCUT2D eigenvalue weighted by Crippen LogP contribution is -2.41. The van der Waals surface area contributed by atoms with Gasteiger partial charge in [0, 0.05) is 31.9 Å². The Morgan fingerprint density at radius 3 is 2.96 bits per heavy atom. The number of carbonyl (C=O) groups is 1. The number of rotatable bonds is 8. The normalized spacial score (nSPS) is 16.4. The van der Waals surface area contributed by atoms with Crippen molar-refractivity contribution in [3.63, 3.8) is 0 Å². The predicted octanol–water partition coefficient (Wildman–Crippen LogP) is 1.43. The third-order valence-electron chi connectivity index (χ3n) is 4.45. The molecule has 0 aromatic carbocycles. The standard InChI is InChI=1S/C17H25N5O3/c1-2-25-11-10-22-16-14(4-3-7-18-16)20-17(22)19-13-5-8-21(9-6-13)12-15(23)24/h3-4,7,13H,2,5-6,8-12H2,1H3,(H,19,20)(H,23,24). The fourth-order valence-corrected chi connectivity index (χ4v) is 3.19. The summed E-state index contributed by atoms with van der Waals surface area (Å²) in [5.41, 5.74) is 1.72. The Hall–Kier alpha value is -2.19. The minimum atomic E-state index is -0.768. The largest absolute Gasteiger partial charge is 0.480 e. The molecule has 0 saturated carbocycles. The zero-order valence-electron chi connectivity index (χ0n) is 14.5. The van der Waals surface area contributed by atoms with E-state index in [1.54, 1.807) is 6.20 Å². The lowest BCUT2D eigenvalue weighted by atomic mass is 10.1. The van der Waals surface area contributed by atoms with E-state index in [1.165, 1.54) is 0 Å². The van der Waals surface area contributed by atoms with Crippen molar-refractivity contribution < 1.29 is 14.6 Å². The van der Waals surface area contributed by atoms with Crippen molar-refractivity contribution in [1.29, 1.82) is 0 Å². The molecule has 1 aliphatic heterocycles. The molecule has 3 heterocycles. The first-order chi connectivity index (χ1) is 12.2. The summed E-state index contributed by atoms with van der Waals surface area (Å²) < 4.78 is 7.55. The van der Waals surface area contributed by atoms with Crippen molar-refractivity contribution in [2.24, 2.45) is 0 Å². The molecule has 0 radical (unpaired) electrons. The maximum atomic E-state index is 10.8. The molecule has 8 heteroatoms. The summed E-state index contributed by atoms with van der Waals surface area (Å²) in [5, 5.41) is 12.4. The number of aliphatic carboxylic acids is 1. The van der Waals surface area contributed by atoms with Gasteiger partial charge in [-0.2, -0.15) is 0 Å². The van der Waals surface area contributed by atoms with Gasteiger partial charge >= 0.3 is 5.97 Å². The van der Waals surface area contributed by atoms with Crippen LogP contribution in [0.2, 0.25) is 0 Å². The van der Waals surface area contributed by atoms with Gasteiger partial charge in [-0.25, -0.2) is 9.97 Å². The maximum absolute atomic E-state index is 10.8. The predicted molar refractivity (Wildman–Crippen MR) is 94.7 cm³/mol. The summed E-state index contributed by atoms with van der Waals surface area (Å²) in [6, 6.07) is 4.13. The van der Waals surface area contributed by atoms with Crippen LogP contribution in [0.5, 0.6) is 0 Å². The smallest absolute Gasteiger partial charge is 0.317 e. The molecule has 8 nitrogen and oxygen atoms in total. The number of carboxylic acid groups (broad SMARTS) is 1. The average molecular weight is 347 g/mol. The van der Waals surface area contributed by atoms with Gasteiger partial charge in [-0.1, -0.05) is 0 Å². The zero-order chi connectivity index (χ0) is 17.6. The quantitative estimate of drug-likeness (QED) is 0.698. The van der Waals surface area contributed by atoms with Crippen LogP contribution in [0.3, 0.4) is 0 Å². The van der Waals surface area contributed by atoms with E-state index in [9.17, 15) is 4.79 Å². The minimum absolute atomic E-state index is 0.115. The van der Waals surface area contributed by atoms with E-state index in [2.05, 4.69) is 19.9 Å². The second kappa shape index (κ2) is 8.26. The number of piperidine rings is 1. The fourth-order valence-electron chi connectivity index (χ4n) is 3.19. The molecule has 1 aliphatic rings. The van der Waals surface area contributed by atoms with E-state index in [0.29, 0.717) is 19.8 Å². The number of ether oxygens (including phenoxy) is 1. The van der Waals surface area contributed by atoms with Gasteiger partial charge in [0.2, 0.25) is 5.95 Å². The van der Waals surface area contributed by atoms with Crippen LogP contribution >= 0.6 is 0 Å². The highest BCUT2D eigenvalue weighted by Crippen LogP contribution is 2.21. The first kappa shape index (κ1) is 17.6. The Balaban J connectivity index is 1.68. The first-order valence-corrected chi connectivity index (χ1v) is 8.77. The van der Waals surface area contributed by atoms with E-state index in [1.807, 2.05) is 24.0 Å². The second-order valence-corrected chi connectivity index (χ2v) is 6.22. The molecule has 2 N–H and O–H groups in total. The summed E-state index contributed by atoms with van der Waals surface area (Å²) in [6.45, 7) is 5.65. The zero-order valence-corrected chi connectivity index (χ0v) is 14.5. The van der Waals surface area contributed by atoms with Crippen LogP contribution in [-0.2, 0) is 16.1 Å². The van der Waals surface area contributed by atoms with Crippen LogP contribution in [0.25, 0.3) is 11.2 Å². The Morgan fingerprint density at radius 1 is 1.44 bits per heavy atom. The van der Waals surface area contributed by atoms with Crippen molar-refractivity contribution in [2.45, 2.75) is 32.4 Å². The van der Waals surface area contributed by atoms with Crippen molar-refractivity contribution in [3.05, 3.63) is 18.3 Å². The Kier molecular flexibility index (Phi) is 5.83. The molecule has 0 atom stereocenters. The number of nitrogens with zero attached hydrogens (tertiary/aromatic N) is 4. The van der Waals surface area contributed by atoms with Gasteiger partial charge in [0.15, 0.2) is 5.65 Å². The van der Waals surface area contributed by atoms with Crippen molar-refractivity contribution >= 4 is 23.1 Å². The van der Waals surface area contributed by atoms with Crippen LogP contribution in [0, 0.1) is 0 Å². The fraction of sp³-hybridized carbons (Fsp3) is 0.588. The summed E-state index contributed by atoms with van der Waals surface area (Å²) in [7, 11) is 0. The molecule has 25 heavy (non-hydrogen) atoms. The number of hydrogen-bond acceptors (Lipinski definition) is 6. The second-order valence-electron chi connectivity index (χ2n) is 6.22. The van der Waals surface area contributed by atoms with Gasteiger partial charge in [0.25, 0.3) is 0 Å². The lowest BCUT2D eigenvalue weighted by Gasteiger charge is -2.31. The van der Waals surface area contributed by atoms with E-state index < -0.39 is 5.97 Å². The number of pyridine rings is 1. The summed E-state index contributed by atoms with van der Waals surface area (Å²) in [4.78, 5) is 21.9.